The number of carbonyl (C=O) groups is 2. The Bertz CT molecular complexity index is 302. The highest BCUT2D eigenvalue weighted by atomic mass is 16.2. The molecule has 0 unspecified atom stereocenters. The summed E-state index contributed by atoms with van der Waals surface area (Å²) in [4.78, 5) is 25.8. The molecule has 0 radical (unpaired) electrons. The Morgan fingerprint density at radius 2 is 1.52 bits per heavy atom. The average Bonchev–Trinajstić information content (AvgIpc) is 2.58. The van der Waals surface area contributed by atoms with Crippen LogP contribution in [0.1, 0.15) is 96.8 Å². The van der Waals surface area contributed by atoms with Gasteiger partial charge in [-0.25, -0.2) is 0 Å². The molecule has 0 saturated carbocycles. The van der Waals surface area contributed by atoms with Crippen LogP contribution in [0.15, 0.2) is 0 Å². The molecule has 0 atom stereocenters. The van der Waals surface area contributed by atoms with E-state index in [2.05, 4.69) is 6.92 Å². The minimum absolute atomic E-state index is 0.0600. The second kappa shape index (κ2) is 11.8. The summed E-state index contributed by atoms with van der Waals surface area (Å²) in [6, 6.07) is 0. The highest BCUT2D eigenvalue weighted by molar-refractivity contribution is 5.95. The van der Waals surface area contributed by atoms with E-state index in [1.807, 2.05) is 0 Å². The molecule has 1 saturated heterocycles. The number of imide groups is 1. The third-order valence-corrected chi connectivity index (χ3v) is 4.37. The van der Waals surface area contributed by atoms with Gasteiger partial charge in [0.15, 0.2) is 0 Å². The highest BCUT2D eigenvalue weighted by Gasteiger charge is 2.20. The maximum absolute atomic E-state index is 12.2. The molecular weight excluding hydrogens is 262 g/mol. The molecule has 122 valence electrons. The average molecular weight is 295 g/mol. The van der Waals surface area contributed by atoms with Crippen molar-refractivity contribution in [2.75, 3.05) is 6.54 Å². The van der Waals surface area contributed by atoms with E-state index in [4.69, 9.17) is 0 Å². The molecule has 1 heterocycles. The molecule has 3 nitrogen and oxygen atoms in total. The fraction of sp³-hybridized carbons (Fsp3) is 0.889. The van der Waals surface area contributed by atoms with Gasteiger partial charge < -0.3 is 0 Å². The minimum Gasteiger partial charge on any atom is -0.283 e. The fourth-order valence-electron chi connectivity index (χ4n) is 2.97. The van der Waals surface area contributed by atoms with Crippen molar-refractivity contribution >= 4 is 11.8 Å². The van der Waals surface area contributed by atoms with E-state index in [0.29, 0.717) is 19.4 Å². The topological polar surface area (TPSA) is 37.4 Å². The SMILES string of the molecule is CCCCCCCCCC(=O)N1CCCCCCCC1=O. The maximum atomic E-state index is 12.2. The van der Waals surface area contributed by atoms with Crippen LogP contribution in [-0.4, -0.2) is 23.3 Å². The quantitative estimate of drug-likeness (QED) is 0.601. The van der Waals surface area contributed by atoms with Crippen molar-refractivity contribution in [1.82, 2.24) is 4.90 Å². The summed E-state index contributed by atoms with van der Waals surface area (Å²) in [5, 5.41) is 0. The van der Waals surface area contributed by atoms with E-state index in [1.54, 1.807) is 4.90 Å². The molecule has 1 aliphatic rings. The first kappa shape index (κ1) is 18.2. The lowest BCUT2D eigenvalue weighted by atomic mass is 10.1. The standard InChI is InChI=1S/C18H33NO2/c1-2-3-4-5-6-8-11-14-17(20)19-16-13-10-7-9-12-15-18(19)21/h2-16H2,1H3. The Labute approximate surface area is 130 Å². The molecule has 1 fully saturated rings. The second-order valence-electron chi connectivity index (χ2n) is 6.33. The Balaban J connectivity index is 2.20. The molecule has 21 heavy (non-hydrogen) atoms. The van der Waals surface area contributed by atoms with Crippen molar-refractivity contribution in [3.05, 3.63) is 0 Å². The lowest BCUT2D eigenvalue weighted by molar-refractivity contribution is -0.145. The number of unbranched alkanes of at least 4 members (excludes halogenated alkanes) is 6. The number of hydrogen-bond acceptors (Lipinski definition) is 2. The van der Waals surface area contributed by atoms with Crippen LogP contribution in [0.5, 0.6) is 0 Å². The zero-order chi connectivity index (χ0) is 15.3. The minimum atomic E-state index is 0.0600. The molecule has 0 aromatic carbocycles. The molecule has 1 rings (SSSR count). The first-order valence-electron chi connectivity index (χ1n) is 9.09. The van der Waals surface area contributed by atoms with E-state index >= 15 is 0 Å². The molecule has 0 spiro atoms. The van der Waals surface area contributed by atoms with Crippen LogP contribution in [0.25, 0.3) is 0 Å². The molecule has 2 amide bonds. The summed E-state index contributed by atoms with van der Waals surface area (Å²) in [6.07, 6.45) is 15.0. The Morgan fingerprint density at radius 3 is 2.29 bits per heavy atom. The highest BCUT2D eigenvalue weighted by Crippen LogP contribution is 2.15. The number of nitrogens with zero attached hydrogens (tertiary/aromatic N) is 1. The maximum Gasteiger partial charge on any atom is 0.229 e. The number of hydrogen-bond donors (Lipinski definition) is 0. The molecule has 3 heteroatoms. The summed E-state index contributed by atoms with van der Waals surface area (Å²) < 4.78 is 0. The van der Waals surface area contributed by atoms with Gasteiger partial charge in [-0.15, -0.1) is 0 Å². The Morgan fingerprint density at radius 1 is 0.905 bits per heavy atom. The zero-order valence-corrected chi connectivity index (χ0v) is 13.9. The van der Waals surface area contributed by atoms with Crippen molar-refractivity contribution in [2.45, 2.75) is 96.8 Å². The number of amides is 2. The first-order chi connectivity index (χ1) is 10.3. The summed E-state index contributed by atoms with van der Waals surface area (Å²) in [6.45, 7) is 2.87. The van der Waals surface area contributed by atoms with Gasteiger partial charge in [0.25, 0.3) is 0 Å². The second-order valence-corrected chi connectivity index (χ2v) is 6.33. The molecule has 0 N–H and O–H groups in total. The van der Waals surface area contributed by atoms with E-state index < -0.39 is 0 Å². The molecule has 1 aliphatic heterocycles. The molecule has 0 aromatic heterocycles. The van der Waals surface area contributed by atoms with E-state index in [9.17, 15) is 9.59 Å². The van der Waals surface area contributed by atoms with Gasteiger partial charge in [-0.3, -0.25) is 14.5 Å². The van der Waals surface area contributed by atoms with Crippen LogP contribution in [0, 0.1) is 0 Å². The lowest BCUT2D eigenvalue weighted by Gasteiger charge is -2.20. The van der Waals surface area contributed by atoms with Crippen LogP contribution in [0.4, 0.5) is 0 Å². The Hall–Kier alpha value is -0.860. The van der Waals surface area contributed by atoms with Gasteiger partial charge in [0.1, 0.15) is 0 Å². The Kier molecular flexibility index (Phi) is 10.2. The molecule has 0 aliphatic carbocycles. The van der Waals surface area contributed by atoms with Crippen molar-refractivity contribution in [1.29, 1.82) is 0 Å². The lowest BCUT2D eigenvalue weighted by Crippen LogP contribution is -2.37. The van der Waals surface area contributed by atoms with Gasteiger partial charge in [-0.2, -0.15) is 0 Å². The van der Waals surface area contributed by atoms with Gasteiger partial charge in [0.05, 0.1) is 0 Å². The summed E-state index contributed by atoms with van der Waals surface area (Å²) in [5.74, 6) is 0.125. The van der Waals surface area contributed by atoms with Gasteiger partial charge in [0, 0.05) is 19.4 Å². The van der Waals surface area contributed by atoms with E-state index in [0.717, 1.165) is 38.5 Å². The van der Waals surface area contributed by atoms with Crippen molar-refractivity contribution in [2.24, 2.45) is 0 Å². The van der Waals surface area contributed by atoms with Crippen molar-refractivity contribution in [3.8, 4) is 0 Å². The normalized spacial score (nSPS) is 17.2. The summed E-state index contributed by atoms with van der Waals surface area (Å²) >= 11 is 0. The van der Waals surface area contributed by atoms with E-state index in [1.165, 1.54) is 38.5 Å². The first-order valence-corrected chi connectivity index (χ1v) is 9.09. The fourth-order valence-corrected chi connectivity index (χ4v) is 2.97. The van der Waals surface area contributed by atoms with Gasteiger partial charge in [-0.1, -0.05) is 64.7 Å². The monoisotopic (exact) mass is 295 g/mol. The predicted molar refractivity (Wildman–Crippen MR) is 87.0 cm³/mol. The predicted octanol–water partition coefficient (Wildman–Crippen LogP) is 4.84. The van der Waals surface area contributed by atoms with Crippen LogP contribution >= 0.6 is 0 Å². The summed E-state index contributed by atoms with van der Waals surface area (Å²) in [5.41, 5.74) is 0. The van der Waals surface area contributed by atoms with Crippen LogP contribution in [0.3, 0.4) is 0 Å². The van der Waals surface area contributed by atoms with Crippen molar-refractivity contribution < 1.29 is 9.59 Å². The van der Waals surface area contributed by atoms with Gasteiger partial charge >= 0.3 is 0 Å². The molecular formula is C18H33NO2. The number of rotatable bonds is 8. The molecule has 0 bridgehead atoms. The van der Waals surface area contributed by atoms with Gasteiger partial charge in [0.2, 0.25) is 11.8 Å². The smallest absolute Gasteiger partial charge is 0.229 e. The third kappa shape index (κ3) is 8.23. The number of carbonyl (C=O) groups excluding carboxylic acids is 2. The largest absolute Gasteiger partial charge is 0.283 e. The zero-order valence-electron chi connectivity index (χ0n) is 13.9. The summed E-state index contributed by atoms with van der Waals surface area (Å²) in [7, 11) is 0. The van der Waals surface area contributed by atoms with Crippen LogP contribution < -0.4 is 0 Å². The molecule has 0 aromatic rings. The third-order valence-electron chi connectivity index (χ3n) is 4.37. The van der Waals surface area contributed by atoms with Crippen molar-refractivity contribution in [3.63, 3.8) is 0 Å². The van der Waals surface area contributed by atoms with Crippen LogP contribution in [0.2, 0.25) is 0 Å². The van der Waals surface area contributed by atoms with Gasteiger partial charge in [-0.05, 0) is 19.3 Å². The van der Waals surface area contributed by atoms with E-state index in [-0.39, 0.29) is 11.8 Å². The van der Waals surface area contributed by atoms with Crippen LogP contribution in [-0.2, 0) is 9.59 Å².